The molecule has 22 heavy (non-hydrogen) atoms. The first kappa shape index (κ1) is 17.1. The highest BCUT2D eigenvalue weighted by Gasteiger charge is 2.24. The van der Waals surface area contributed by atoms with Gasteiger partial charge in [-0.25, -0.2) is 16.8 Å². The SMILES string of the molecule is O=S(=O)(NS(=O)(=O)c1ccc(CCBr)cc1)c1ccccc1. The standard InChI is InChI=1S/C14H14BrNO4S2/c15-11-10-12-6-8-14(9-7-12)22(19,20)16-21(17,18)13-4-2-1-3-5-13/h1-9,16H,10-11H2. The van der Waals surface area contributed by atoms with Crippen molar-refractivity contribution in [3.8, 4) is 0 Å². The second-order valence-corrected chi connectivity index (χ2v) is 8.90. The molecule has 0 saturated carbocycles. The summed E-state index contributed by atoms with van der Waals surface area (Å²) in [6, 6.07) is 13.5. The maximum atomic E-state index is 12.2. The van der Waals surface area contributed by atoms with Crippen LogP contribution in [0.5, 0.6) is 0 Å². The van der Waals surface area contributed by atoms with Crippen molar-refractivity contribution in [2.75, 3.05) is 5.33 Å². The second-order valence-electron chi connectivity index (χ2n) is 4.49. The molecule has 2 rings (SSSR count). The van der Waals surface area contributed by atoms with Crippen molar-refractivity contribution >= 4 is 36.0 Å². The van der Waals surface area contributed by atoms with Gasteiger partial charge in [0.05, 0.1) is 9.79 Å². The molecule has 0 fully saturated rings. The van der Waals surface area contributed by atoms with Gasteiger partial charge in [0.25, 0.3) is 20.0 Å². The predicted molar refractivity (Wildman–Crippen MR) is 87.9 cm³/mol. The molecule has 2 aromatic carbocycles. The number of rotatable bonds is 6. The Labute approximate surface area is 138 Å². The predicted octanol–water partition coefficient (Wildman–Crippen LogP) is 2.29. The van der Waals surface area contributed by atoms with Gasteiger partial charge in [0.15, 0.2) is 0 Å². The lowest BCUT2D eigenvalue weighted by molar-refractivity contribution is 0.577. The number of aryl methyl sites for hydroxylation is 1. The van der Waals surface area contributed by atoms with E-state index in [-0.39, 0.29) is 9.79 Å². The van der Waals surface area contributed by atoms with Gasteiger partial charge in [-0.1, -0.05) is 46.3 Å². The highest BCUT2D eigenvalue weighted by molar-refractivity contribution is 9.09. The molecule has 2 aromatic rings. The second kappa shape index (κ2) is 6.91. The van der Waals surface area contributed by atoms with Crippen molar-refractivity contribution in [3.05, 3.63) is 60.2 Å². The summed E-state index contributed by atoms with van der Waals surface area (Å²) < 4.78 is 50.3. The van der Waals surface area contributed by atoms with Crippen molar-refractivity contribution in [1.29, 1.82) is 0 Å². The third-order valence-corrected chi connectivity index (χ3v) is 6.83. The van der Waals surface area contributed by atoms with E-state index in [0.29, 0.717) is 0 Å². The minimum absolute atomic E-state index is 0.0923. The van der Waals surface area contributed by atoms with E-state index in [1.165, 1.54) is 36.4 Å². The molecule has 0 aromatic heterocycles. The van der Waals surface area contributed by atoms with Crippen LogP contribution in [0.15, 0.2) is 64.4 Å². The topological polar surface area (TPSA) is 80.3 Å². The summed E-state index contributed by atoms with van der Waals surface area (Å²) in [5.41, 5.74) is 0.960. The smallest absolute Gasteiger partial charge is 0.206 e. The van der Waals surface area contributed by atoms with E-state index in [1.54, 1.807) is 22.3 Å². The van der Waals surface area contributed by atoms with Crippen LogP contribution in [-0.2, 0) is 26.5 Å². The lowest BCUT2D eigenvalue weighted by Gasteiger charge is -2.08. The maximum absolute atomic E-state index is 12.2. The van der Waals surface area contributed by atoms with E-state index < -0.39 is 20.0 Å². The van der Waals surface area contributed by atoms with Gasteiger partial charge in [0, 0.05) is 5.33 Å². The van der Waals surface area contributed by atoms with Crippen LogP contribution in [0.2, 0.25) is 0 Å². The first-order chi connectivity index (χ1) is 10.3. The van der Waals surface area contributed by atoms with Gasteiger partial charge in [0.1, 0.15) is 0 Å². The molecule has 5 nitrogen and oxygen atoms in total. The molecule has 118 valence electrons. The minimum Gasteiger partial charge on any atom is -0.206 e. The highest BCUT2D eigenvalue weighted by Crippen LogP contribution is 2.15. The fourth-order valence-electron chi connectivity index (χ4n) is 1.78. The zero-order valence-corrected chi connectivity index (χ0v) is 14.7. The van der Waals surface area contributed by atoms with Crippen molar-refractivity contribution in [2.24, 2.45) is 0 Å². The van der Waals surface area contributed by atoms with Crippen LogP contribution < -0.4 is 4.13 Å². The Morgan fingerprint density at radius 2 is 1.27 bits per heavy atom. The Kier molecular flexibility index (Phi) is 5.38. The molecular formula is C14H14BrNO4S2. The van der Waals surface area contributed by atoms with Gasteiger partial charge in [-0.05, 0) is 36.2 Å². The average molecular weight is 404 g/mol. The van der Waals surface area contributed by atoms with Crippen molar-refractivity contribution in [1.82, 2.24) is 4.13 Å². The van der Waals surface area contributed by atoms with E-state index in [9.17, 15) is 16.8 Å². The molecule has 0 bridgehead atoms. The quantitative estimate of drug-likeness (QED) is 0.750. The molecule has 0 spiro atoms. The Balaban J connectivity index is 2.28. The molecule has 0 heterocycles. The number of sulfonamides is 2. The van der Waals surface area contributed by atoms with E-state index in [2.05, 4.69) is 15.9 Å². The number of benzene rings is 2. The maximum Gasteiger partial charge on any atom is 0.253 e. The zero-order valence-electron chi connectivity index (χ0n) is 11.4. The van der Waals surface area contributed by atoms with Crippen molar-refractivity contribution in [3.63, 3.8) is 0 Å². The molecule has 0 atom stereocenters. The minimum atomic E-state index is -4.15. The van der Waals surface area contributed by atoms with Crippen LogP contribution in [-0.4, -0.2) is 22.2 Å². The van der Waals surface area contributed by atoms with Gasteiger partial charge >= 0.3 is 0 Å². The van der Waals surface area contributed by atoms with E-state index in [0.717, 1.165) is 17.3 Å². The summed E-state index contributed by atoms with van der Waals surface area (Å²) in [7, 11) is -8.28. The normalized spacial score (nSPS) is 12.2. The number of alkyl halides is 1. The van der Waals surface area contributed by atoms with Gasteiger partial charge in [-0.2, -0.15) is 0 Å². The third kappa shape index (κ3) is 4.16. The Morgan fingerprint density at radius 1 is 0.773 bits per heavy atom. The van der Waals surface area contributed by atoms with Crippen LogP contribution in [0.25, 0.3) is 0 Å². The molecule has 0 aliphatic rings. The first-order valence-electron chi connectivity index (χ1n) is 6.34. The number of halogens is 1. The fraction of sp³-hybridized carbons (Fsp3) is 0.143. The summed E-state index contributed by atoms with van der Waals surface area (Å²) in [5, 5.41) is 0.764. The van der Waals surface area contributed by atoms with E-state index in [4.69, 9.17) is 0 Å². The number of nitrogens with one attached hydrogen (secondary N) is 1. The number of hydrogen-bond donors (Lipinski definition) is 1. The van der Waals surface area contributed by atoms with Gasteiger partial charge < -0.3 is 0 Å². The Bertz CT molecular complexity index is 832. The molecule has 0 radical (unpaired) electrons. The molecular weight excluding hydrogens is 390 g/mol. The van der Waals surface area contributed by atoms with Gasteiger partial charge in [0.2, 0.25) is 0 Å². The van der Waals surface area contributed by atoms with Crippen LogP contribution >= 0.6 is 15.9 Å². The van der Waals surface area contributed by atoms with Crippen LogP contribution in [0.4, 0.5) is 0 Å². The fourth-order valence-corrected chi connectivity index (χ4v) is 5.18. The molecule has 0 saturated heterocycles. The highest BCUT2D eigenvalue weighted by atomic mass is 79.9. The summed E-state index contributed by atoms with van der Waals surface area (Å²) in [5.74, 6) is 0. The number of hydrogen-bond acceptors (Lipinski definition) is 4. The lowest BCUT2D eigenvalue weighted by Crippen LogP contribution is -2.30. The molecule has 0 aliphatic carbocycles. The summed E-state index contributed by atoms with van der Waals surface area (Å²) >= 11 is 3.30. The zero-order chi connectivity index (χ0) is 16.2. The van der Waals surface area contributed by atoms with E-state index >= 15 is 0 Å². The largest absolute Gasteiger partial charge is 0.253 e. The monoisotopic (exact) mass is 403 g/mol. The van der Waals surface area contributed by atoms with Crippen LogP contribution in [0, 0.1) is 0 Å². The summed E-state index contributed by atoms with van der Waals surface area (Å²) in [4.78, 5) is -0.195. The lowest BCUT2D eigenvalue weighted by atomic mass is 10.2. The van der Waals surface area contributed by atoms with Crippen LogP contribution in [0.3, 0.4) is 0 Å². The van der Waals surface area contributed by atoms with Crippen molar-refractivity contribution < 1.29 is 16.8 Å². The molecule has 1 N–H and O–H groups in total. The van der Waals surface area contributed by atoms with Crippen molar-refractivity contribution in [2.45, 2.75) is 16.2 Å². The van der Waals surface area contributed by atoms with Gasteiger partial charge in [-0.15, -0.1) is 4.13 Å². The average Bonchev–Trinajstić information content (AvgIpc) is 2.48. The summed E-state index contributed by atoms with van der Waals surface area (Å²) in [6.07, 6.45) is 0.760. The third-order valence-electron chi connectivity index (χ3n) is 2.89. The van der Waals surface area contributed by atoms with Crippen LogP contribution in [0.1, 0.15) is 5.56 Å². The van der Waals surface area contributed by atoms with Gasteiger partial charge in [-0.3, -0.25) is 0 Å². The molecule has 0 aliphatic heterocycles. The first-order valence-corrected chi connectivity index (χ1v) is 10.4. The van der Waals surface area contributed by atoms with E-state index in [1.807, 2.05) is 0 Å². The molecule has 8 heteroatoms. The molecule has 0 unspecified atom stereocenters. The Morgan fingerprint density at radius 3 is 1.77 bits per heavy atom. The molecule has 0 amide bonds. The summed E-state index contributed by atoms with van der Waals surface area (Å²) in [6.45, 7) is 0. The Hall–Kier alpha value is -1.22.